The van der Waals surface area contributed by atoms with Crippen LogP contribution in [0.15, 0.2) is 18.2 Å². The quantitative estimate of drug-likeness (QED) is 0.744. The highest BCUT2D eigenvalue weighted by Crippen LogP contribution is 2.22. The molecule has 1 atom stereocenters. The summed E-state index contributed by atoms with van der Waals surface area (Å²) in [7, 11) is 0. The summed E-state index contributed by atoms with van der Waals surface area (Å²) in [6, 6.07) is 5.96. The molecule has 0 radical (unpaired) electrons. The second kappa shape index (κ2) is 4.40. The van der Waals surface area contributed by atoms with Crippen LogP contribution in [0.25, 0.3) is 0 Å². The molecule has 1 aromatic carbocycles. The molecule has 0 saturated carbocycles. The number of benzene rings is 1. The molecule has 0 aromatic heterocycles. The van der Waals surface area contributed by atoms with E-state index in [0.717, 1.165) is 17.5 Å². The van der Waals surface area contributed by atoms with Gasteiger partial charge in [-0.05, 0) is 30.0 Å². The van der Waals surface area contributed by atoms with Gasteiger partial charge in [0.2, 0.25) is 0 Å². The van der Waals surface area contributed by atoms with Crippen LogP contribution < -0.4 is 5.73 Å². The van der Waals surface area contributed by atoms with Gasteiger partial charge in [0.05, 0.1) is 6.61 Å². The maximum absolute atomic E-state index is 9.13. The fourth-order valence-electron chi connectivity index (χ4n) is 1.61. The fraction of sp³-hybridized carbons (Fsp3) is 0.455. The van der Waals surface area contributed by atoms with Gasteiger partial charge in [0, 0.05) is 6.04 Å². The molecule has 72 valence electrons. The van der Waals surface area contributed by atoms with Crippen molar-refractivity contribution in [3.05, 3.63) is 34.9 Å². The zero-order valence-corrected chi connectivity index (χ0v) is 8.25. The molecular formula is C11H17NO. The van der Waals surface area contributed by atoms with E-state index in [0.29, 0.717) is 0 Å². The first-order valence-electron chi connectivity index (χ1n) is 4.65. The standard InChI is InChI=1S/C11H17NO/c1-3-10(12)11-8(2)5-4-6-9(11)7-13/h4-6,10,13H,3,7,12H2,1-2H3/t10-/m0/s1. The number of aryl methyl sites for hydroxylation is 1. The lowest BCUT2D eigenvalue weighted by molar-refractivity contribution is 0.279. The van der Waals surface area contributed by atoms with Crippen LogP contribution in [0, 0.1) is 6.92 Å². The molecule has 0 heterocycles. The van der Waals surface area contributed by atoms with Crippen molar-refractivity contribution in [2.45, 2.75) is 32.9 Å². The first-order valence-corrected chi connectivity index (χ1v) is 4.65. The smallest absolute Gasteiger partial charge is 0.0685 e. The third kappa shape index (κ3) is 2.08. The van der Waals surface area contributed by atoms with Crippen molar-refractivity contribution in [1.82, 2.24) is 0 Å². The predicted molar refractivity (Wildman–Crippen MR) is 54.3 cm³/mol. The number of rotatable bonds is 3. The Morgan fingerprint density at radius 3 is 2.69 bits per heavy atom. The maximum Gasteiger partial charge on any atom is 0.0685 e. The molecule has 0 fully saturated rings. The van der Waals surface area contributed by atoms with Gasteiger partial charge in [-0.1, -0.05) is 25.1 Å². The van der Waals surface area contributed by atoms with E-state index in [9.17, 15) is 0 Å². The van der Waals surface area contributed by atoms with E-state index in [1.54, 1.807) is 0 Å². The molecule has 0 saturated heterocycles. The molecule has 0 spiro atoms. The van der Waals surface area contributed by atoms with E-state index in [-0.39, 0.29) is 12.6 Å². The lowest BCUT2D eigenvalue weighted by Crippen LogP contribution is -2.13. The maximum atomic E-state index is 9.13. The Kier molecular flexibility index (Phi) is 3.46. The number of nitrogens with two attached hydrogens (primary N) is 1. The summed E-state index contributed by atoms with van der Waals surface area (Å²) >= 11 is 0. The van der Waals surface area contributed by atoms with Crippen molar-refractivity contribution in [2.75, 3.05) is 0 Å². The Balaban J connectivity index is 3.14. The Hall–Kier alpha value is -0.860. The van der Waals surface area contributed by atoms with Crippen LogP contribution in [0.2, 0.25) is 0 Å². The summed E-state index contributed by atoms with van der Waals surface area (Å²) in [5.74, 6) is 0. The van der Waals surface area contributed by atoms with Crippen molar-refractivity contribution >= 4 is 0 Å². The van der Waals surface area contributed by atoms with Gasteiger partial charge in [0.25, 0.3) is 0 Å². The summed E-state index contributed by atoms with van der Waals surface area (Å²) in [6.45, 7) is 4.16. The summed E-state index contributed by atoms with van der Waals surface area (Å²) in [5.41, 5.74) is 9.19. The van der Waals surface area contributed by atoms with Gasteiger partial charge in [0.1, 0.15) is 0 Å². The first-order chi connectivity index (χ1) is 6.20. The van der Waals surface area contributed by atoms with Crippen LogP contribution in [0.3, 0.4) is 0 Å². The minimum Gasteiger partial charge on any atom is -0.392 e. The van der Waals surface area contributed by atoms with Gasteiger partial charge in [0.15, 0.2) is 0 Å². The molecule has 3 N–H and O–H groups in total. The second-order valence-electron chi connectivity index (χ2n) is 3.32. The Labute approximate surface area is 79.4 Å². The molecular weight excluding hydrogens is 162 g/mol. The van der Waals surface area contributed by atoms with E-state index in [4.69, 9.17) is 10.8 Å². The molecule has 0 unspecified atom stereocenters. The molecule has 1 rings (SSSR count). The van der Waals surface area contributed by atoms with E-state index in [1.165, 1.54) is 5.56 Å². The highest BCUT2D eigenvalue weighted by molar-refractivity contribution is 5.36. The van der Waals surface area contributed by atoms with Gasteiger partial charge >= 0.3 is 0 Å². The zero-order chi connectivity index (χ0) is 9.84. The van der Waals surface area contributed by atoms with Crippen LogP contribution in [-0.4, -0.2) is 5.11 Å². The van der Waals surface area contributed by atoms with Crippen LogP contribution in [0.4, 0.5) is 0 Å². The SMILES string of the molecule is CC[C@H](N)c1c(C)cccc1CO. The van der Waals surface area contributed by atoms with Crippen molar-refractivity contribution in [3.63, 3.8) is 0 Å². The van der Waals surface area contributed by atoms with Crippen LogP contribution in [0.5, 0.6) is 0 Å². The summed E-state index contributed by atoms with van der Waals surface area (Å²) in [4.78, 5) is 0. The van der Waals surface area contributed by atoms with Crippen molar-refractivity contribution in [1.29, 1.82) is 0 Å². The van der Waals surface area contributed by atoms with E-state index in [1.807, 2.05) is 25.1 Å². The highest BCUT2D eigenvalue weighted by Gasteiger charge is 2.10. The average molecular weight is 179 g/mol. The van der Waals surface area contributed by atoms with E-state index < -0.39 is 0 Å². The molecule has 2 heteroatoms. The van der Waals surface area contributed by atoms with Gasteiger partial charge in [-0.15, -0.1) is 0 Å². The topological polar surface area (TPSA) is 46.2 Å². The summed E-state index contributed by atoms with van der Waals surface area (Å²) < 4.78 is 0. The molecule has 13 heavy (non-hydrogen) atoms. The minimum atomic E-state index is 0.0448. The molecule has 0 aliphatic rings. The van der Waals surface area contributed by atoms with Crippen molar-refractivity contribution in [2.24, 2.45) is 5.73 Å². The third-order valence-corrected chi connectivity index (χ3v) is 2.40. The molecule has 0 aliphatic heterocycles. The Morgan fingerprint density at radius 2 is 2.15 bits per heavy atom. The van der Waals surface area contributed by atoms with Crippen molar-refractivity contribution < 1.29 is 5.11 Å². The lowest BCUT2D eigenvalue weighted by atomic mass is 9.95. The average Bonchev–Trinajstić information content (AvgIpc) is 2.16. The lowest BCUT2D eigenvalue weighted by Gasteiger charge is -2.16. The Bertz CT molecular complexity index is 283. The summed E-state index contributed by atoms with van der Waals surface area (Å²) in [6.07, 6.45) is 0.901. The molecule has 1 aromatic rings. The molecule has 0 amide bonds. The van der Waals surface area contributed by atoms with Gasteiger partial charge in [-0.2, -0.15) is 0 Å². The largest absolute Gasteiger partial charge is 0.392 e. The monoisotopic (exact) mass is 179 g/mol. The van der Waals surface area contributed by atoms with Crippen LogP contribution in [0.1, 0.15) is 36.1 Å². The molecule has 0 aliphatic carbocycles. The number of aliphatic hydroxyl groups excluding tert-OH is 1. The number of aliphatic hydroxyl groups is 1. The van der Waals surface area contributed by atoms with E-state index in [2.05, 4.69) is 6.92 Å². The van der Waals surface area contributed by atoms with Crippen molar-refractivity contribution in [3.8, 4) is 0 Å². The number of hydrogen-bond acceptors (Lipinski definition) is 2. The van der Waals surface area contributed by atoms with Crippen LogP contribution >= 0.6 is 0 Å². The highest BCUT2D eigenvalue weighted by atomic mass is 16.3. The zero-order valence-electron chi connectivity index (χ0n) is 8.25. The second-order valence-corrected chi connectivity index (χ2v) is 3.32. The Morgan fingerprint density at radius 1 is 1.46 bits per heavy atom. The fourth-order valence-corrected chi connectivity index (χ4v) is 1.61. The predicted octanol–water partition coefficient (Wildman–Crippen LogP) is 1.90. The van der Waals surface area contributed by atoms with E-state index >= 15 is 0 Å². The van der Waals surface area contributed by atoms with Gasteiger partial charge in [-0.3, -0.25) is 0 Å². The minimum absolute atomic E-state index is 0.0448. The first kappa shape index (κ1) is 10.2. The van der Waals surface area contributed by atoms with Gasteiger partial charge < -0.3 is 10.8 Å². The third-order valence-electron chi connectivity index (χ3n) is 2.40. The molecule has 2 nitrogen and oxygen atoms in total. The van der Waals surface area contributed by atoms with Gasteiger partial charge in [-0.25, -0.2) is 0 Å². The summed E-state index contributed by atoms with van der Waals surface area (Å²) in [5, 5.41) is 9.13. The number of hydrogen-bond donors (Lipinski definition) is 2. The van der Waals surface area contributed by atoms with Crippen LogP contribution in [-0.2, 0) is 6.61 Å². The molecule has 0 bridgehead atoms. The normalized spacial score (nSPS) is 12.9.